The van der Waals surface area contributed by atoms with Crippen LogP contribution in [-0.4, -0.2) is 36.6 Å². The van der Waals surface area contributed by atoms with Crippen LogP contribution >= 0.6 is 0 Å². The van der Waals surface area contributed by atoms with E-state index in [1.807, 2.05) is 6.08 Å². The highest BCUT2D eigenvalue weighted by Crippen LogP contribution is 2.33. The molecule has 1 aliphatic rings. The minimum atomic E-state index is 0.367. The highest BCUT2D eigenvalue weighted by Gasteiger charge is 2.40. The van der Waals surface area contributed by atoms with Gasteiger partial charge in [-0.2, -0.15) is 0 Å². The van der Waals surface area contributed by atoms with Gasteiger partial charge in [-0.25, -0.2) is 0 Å². The molecule has 1 saturated heterocycles. The van der Waals surface area contributed by atoms with Crippen LogP contribution in [0.15, 0.2) is 12.7 Å². The van der Waals surface area contributed by atoms with Gasteiger partial charge >= 0.3 is 0 Å². The van der Waals surface area contributed by atoms with E-state index in [9.17, 15) is 0 Å². The first kappa shape index (κ1) is 15.7. The molecule has 0 saturated carbocycles. The SMILES string of the molecule is C=CCCCC(NC)C(CC)(CC)N1CCCC1. The van der Waals surface area contributed by atoms with Crippen molar-refractivity contribution < 1.29 is 0 Å². The van der Waals surface area contributed by atoms with Gasteiger partial charge in [0.15, 0.2) is 0 Å². The quantitative estimate of drug-likeness (QED) is 0.498. The van der Waals surface area contributed by atoms with Gasteiger partial charge in [0.05, 0.1) is 0 Å². The maximum atomic E-state index is 3.83. The molecule has 2 nitrogen and oxygen atoms in total. The van der Waals surface area contributed by atoms with Gasteiger partial charge in [-0.05, 0) is 65.1 Å². The number of allylic oxidation sites excluding steroid dienone is 1. The number of likely N-dealkylation sites (tertiary alicyclic amines) is 1. The molecule has 0 radical (unpaired) electrons. The van der Waals surface area contributed by atoms with E-state index in [0.29, 0.717) is 11.6 Å². The molecule has 1 atom stereocenters. The molecule has 1 unspecified atom stereocenters. The van der Waals surface area contributed by atoms with Crippen molar-refractivity contribution in [1.29, 1.82) is 0 Å². The van der Waals surface area contributed by atoms with Crippen LogP contribution in [-0.2, 0) is 0 Å². The zero-order valence-corrected chi connectivity index (χ0v) is 12.7. The molecule has 106 valence electrons. The minimum Gasteiger partial charge on any atom is -0.315 e. The largest absolute Gasteiger partial charge is 0.315 e. The molecule has 1 aliphatic heterocycles. The Kier molecular flexibility index (Phi) is 6.95. The van der Waals surface area contributed by atoms with E-state index in [4.69, 9.17) is 0 Å². The van der Waals surface area contributed by atoms with Crippen molar-refractivity contribution in [2.24, 2.45) is 0 Å². The molecule has 1 fully saturated rings. The van der Waals surface area contributed by atoms with Crippen LogP contribution in [0.4, 0.5) is 0 Å². The van der Waals surface area contributed by atoms with Crippen LogP contribution in [0.2, 0.25) is 0 Å². The lowest BCUT2D eigenvalue weighted by molar-refractivity contribution is 0.0609. The first-order valence-corrected chi connectivity index (χ1v) is 7.78. The number of rotatable bonds is 9. The summed E-state index contributed by atoms with van der Waals surface area (Å²) in [4.78, 5) is 2.75. The lowest BCUT2D eigenvalue weighted by Crippen LogP contribution is -2.59. The molecule has 18 heavy (non-hydrogen) atoms. The highest BCUT2D eigenvalue weighted by atomic mass is 15.2. The summed E-state index contributed by atoms with van der Waals surface area (Å²) in [7, 11) is 2.13. The fourth-order valence-electron chi connectivity index (χ4n) is 3.72. The van der Waals surface area contributed by atoms with Gasteiger partial charge < -0.3 is 5.32 Å². The van der Waals surface area contributed by atoms with Gasteiger partial charge in [0.1, 0.15) is 0 Å². The van der Waals surface area contributed by atoms with Gasteiger partial charge in [0.25, 0.3) is 0 Å². The molecule has 0 bridgehead atoms. The molecular formula is C16H32N2. The standard InChI is InChI=1S/C16H32N2/c1-5-8-9-12-15(17-4)16(6-2,7-3)18-13-10-11-14-18/h5,15,17H,1,6-14H2,2-4H3. The third-order valence-electron chi connectivity index (χ3n) is 4.86. The molecule has 0 amide bonds. The van der Waals surface area contributed by atoms with Gasteiger partial charge in [-0.1, -0.05) is 19.9 Å². The van der Waals surface area contributed by atoms with Crippen LogP contribution in [0, 0.1) is 0 Å². The Balaban J connectivity index is 2.74. The molecule has 0 aliphatic carbocycles. The van der Waals surface area contributed by atoms with E-state index in [-0.39, 0.29) is 0 Å². The predicted molar refractivity (Wildman–Crippen MR) is 81.0 cm³/mol. The first-order chi connectivity index (χ1) is 8.75. The molecule has 2 heteroatoms. The van der Waals surface area contributed by atoms with E-state index in [1.54, 1.807) is 0 Å². The number of hydrogen-bond acceptors (Lipinski definition) is 2. The second kappa shape index (κ2) is 7.96. The lowest BCUT2D eigenvalue weighted by atomic mass is 9.80. The van der Waals surface area contributed by atoms with Crippen LogP contribution in [0.5, 0.6) is 0 Å². The second-order valence-electron chi connectivity index (χ2n) is 5.57. The first-order valence-electron chi connectivity index (χ1n) is 7.78. The van der Waals surface area contributed by atoms with Crippen molar-refractivity contribution in [3.8, 4) is 0 Å². The van der Waals surface area contributed by atoms with Gasteiger partial charge in [-0.3, -0.25) is 4.90 Å². The fraction of sp³-hybridized carbons (Fsp3) is 0.875. The zero-order valence-electron chi connectivity index (χ0n) is 12.7. The minimum absolute atomic E-state index is 0.367. The van der Waals surface area contributed by atoms with E-state index in [0.717, 1.165) is 6.42 Å². The molecule has 0 aromatic rings. The number of nitrogens with one attached hydrogen (secondary N) is 1. The third kappa shape index (κ3) is 3.36. The number of unbranched alkanes of at least 4 members (excludes halogenated alkanes) is 1. The van der Waals surface area contributed by atoms with Crippen molar-refractivity contribution in [1.82, 2.24) is 10.2 Å². The number of likely N-dealkylation sites (N-methyl/N-ethyl adjacent to an activating group) is 1. The van der Waals surface area contributed by atoms with Gasteiger partial charge in [0, 0.05) is 11.6 Å². The van der Waals surface area contributed by atoms with E-state index in [2.05, 4.69) is 37.7 Å². The summed E-state index contributed by atoms with van der Waals surface area (Å²) in [6.45, 7) is 11.1. The Morgan fingerprint density at radius 1 is 1.28 bits per heavy atom. The molecule has 1 N–H and O–H groups in total. The fourth-order valence-corrected chi connectivity index (χ4v) is 3.72. The Labute approximate surface area is 114 Å². The van der Waals surface area contributed by atoms with Gasteiger partial charge in [-0.15, -0.1) is 6.58 Å². The molecule has 1 rings (SSSR count). The summed E-state index contributed by atoms with van der Waals surface area (Å²) in [6, 6.07) is 0.616. The average molecular weight is 252 g/mol. The summed E-state index contributed by atoms with van der Waals surface area (Å²) in [5.41, 5.74) is 0.367. The Morgan fingerprint density at radius 3 is 2.33 bits per heavy atom. The monoisotopic (exact) mass is 252 g/mol. The third-order valence-corrected chi connectivity index (χ3v) is 4.86. The smallest absolute Gasteiger partial charge is 0.0357 e. The predicted octanol–water partition coefficient (Wildman–Crippen LogP) is 3.59. The van der Waals surface area contributed by atoms with Crippen molar-refractivity contribution in [3.05, 3.63) is 12.7 Å². The molecule has 1 heterocycles. The van der Waals surface area contributed by atoms with E-state index in [1.165, 1.54) is 51.6 Å². The Hall–Kier alpha value is -0.340. The zero-order chi connectivity index (χ0) is 13.4. The summed E-state index contributed by atoms with van der Waals surface area (Å²) in [6.07, 6.45) is 11.0. The summed E-state index contributed by atoms with van der Waals surface area (Å²) < 4.78 is 0. The number of hydrogen-bond donors (Lipinski definition) is 1. The van der Waals surface area contributed by atoms with Crippen LogP contribution < -0.4 is 5.32 Å². The maximum absolute atomic E-state index is 3.83. The lowest BCUT2D eigenvalue weighted by Gasteiger charge is -2.47. The van der Waals surface area contributed by atoms with Crippen molar-refractivity contribution in [2.75, 3.05) is 20.1 Å². The summed E-state index contributed by atoms with van der Waals surface area (Å²) in [5.74, 6) is 0. The van der Waals surface area contributed by atoms with Crippen molar-refractivity contribution in [2.45, 2.75) is 70.4 Å². The van der Waals surface area contributed by atoms with Crippen LogP contribution in [0.3, 0.4) is 0 Å². The van der Waals surface area contributed by atoms with Crippen molar-refractivity contribution in [3.63, 3.8) is 0 Å². The summed E-state index contributed by atoms with van der Waals surface area (Å²) >= 11 is 0. The van der Waals surface area contributed by atoms with Gasteiger partial charge in [0.2, 0.25) is 0 Å². The highest BCUT2D eigenvalue weighted by molar-refractivity contribution is 5.00. The van der Waals surface area contributed by atoms with Crippen molar-refractivity contribution >= 4 is 0 Å². The molecule has 0 aromatic carbocycles. The van der Waals surface area contributed by atoms with Crippen LogP contribution in [0.1, 0.15) is 58.8 Å². The van der Waals surface area contributed by atoms with E-state index >= 15 is 0 Å². The molecule has 0 spiro atoms. The Bertz CT molecular complexity index is 227. The maximum Gasteiger partial charge on any atom is 0.0357 e. The normalized spacial score (nSPS) is 19.1. The van der Waals surface area contributed by atoms with E-state index < -0.39 is 0 Å². The topological polar surface area (TPSA) is 15.3 Å². The summed E-state index contributed by atoms with van der Waals surface area (Å²) in [5, 5.41) is 3.60. The average Bonchev–Trinajstić information content (AvgIpc) is 2.93. The second-order valence-corrected chi connectivity index (χ2v) is 5.57. The van der Waals surface area contributed by atoms with Crippen LogP contribution in [0.25, 0.3) is 0 Å². The molecule has 0 aromatic heterocycles. The Morgan fingerprint density at radius 2 is 1.89 bits per heavy atom. The molecular weight excluding hydrogens is 220 g/mol. The number of nitrogens with zero attached hydrogens (tertiary/aromatic N) is 1.